The Hall–Kier alpha value is -1.61. The zero-order chi connectivity index (χ0) is 12.8. The summed E-state index contributed by atoms with van der Waals surface area (Å²) in [6.45, 7) is 11.3. The van der Waals surface area contributed by atoms with Gasteiger partial charge in [-0.25, -0.2) is 0 Å². The van der Waals surface area contributed by atoms with E-state index in [0.717, 1.165) is 5.57 Å². The molecule has 0 spiro atoms. The number of hydrogen-bond donors (Lipinski definition) is 0. The molecule has 0 N–H and O–H groups in total. The summed E-state index contributed by atoms with van der Waals surface area (Å²) in [5.74, 6) is 0.00552. The highest BCUT2D eigenvalue weighted by atomic mass is 16.5. The summed E-state index contributed by atoms with van der Waals surface area (Å²) in [6.07, 6.45) is 5.46. The van der Waals surface area contributed by atoms with Gasteiger partial charge in [-0.05, 0) is 18.1 Å². The molecule has 3 heteroatoms. The van der Waals surface area contributed by atoms with Gasteiger partial charge in [-0.1, -0.05) is 31.4 Å². The van der Waals surface area contributed by atoms with Crippen LogP contribution in [-0.2, 0) is 9.53 Å². The Morgan fingerprint density at radius 2 is 2.29 bits per heavy atom. The zero-order valence-corrected chi connectivity index (χ0v) is 10.5. The fourth-order valence-corrected chi connectivity index (χ4v) is 1.69. The summed E-state index contributed by atoms with van der Waals surface area (Å²) in [7, 11) is 1.78. The molecule has 0 bridgehead atoms. The molecule has 1 aliphatic heterocycles. The Labute approximate surface area is 103 Å². The van der Waals surface area contributed by atoms with E-state index in [2.05, 4.69) is 13.2 Å². The lowest BCUT2D eigenvalue weighted by molar-refractivity contribution is -0.124. The van der Waals surface area contributed by atoms with Crippen molar-refractivity contribution in [3.8, 4) is 0 Å². The largest absolute Gasteiger partial charge is 0.378 e. The van der Waals surface area contributed by atoms with Gasteiger partial charge in [0.25, 0.3) is 5.91 Å². The molecular weight excluding hydrogens is 214 g/mol. The van der Waals surface area contributed by atoms with Crippen molar-refractivity contribution in [2.75, 3.05) is 26.8 Å². The van der Waals surface area contributed by atoms with Crippen LogP contribution < -0.4 is 0 Å². The monoisotopic (exact) mass is 233 g/mol. The van der Waals surface area contributed by atoms with E-state index in [1.54, 1.807) is 18.0 Å². The van der Waals surface area contributed by atoms with Crippen molar-refractivity contribution in [2.45, 2.75) is 6.92 Å². The zero-order valence-electron chi connectivity index (χ0n) is 10.5. The van der Waals surface area contributed by atoms with Crippen LogP contribution >= 0.6 is 0 Å². The molecule has 0 aliphatic carbocycles. The van der Waals surface area contributed by atoms with Crippen LogP contribution in [0.5, 0.6) is 0 Å². The number of rotatable bonds is 6. The lowest BCUT2D eigenvalue weighted by atomic mass is 10.0. The normalized spacial score (nSPS) is 16.1. The van der Waals surface area contributed by atoms with E-state index < -0.39 is 0 Å². The van der Waals surface area contributed by atoms with E-state index in [0.29, 0.717) is 30.9 Å². The van der Waals surface area contributed by atoms with Crippen molar-refractivity contribution in [3.63, 3.8) is 0 Å². The van der Waals surface area contributed by atoms with Crippen LogP contribution in [0.1, 0.15) is 6.92 Å². The molecule has 1 aliphatic rings. The van der Waals surface area contributed by atoms with Crippen molar-refractivity contribution in [3.05, 3.63) is 48.1 Å². The number of amides is 1. The van der Waals surface area contributed by atoms with Gasteiger partial charge < -0.3 is 9.64 Å². The molecule has 1 heterocycles. The Morgan fingerprint density at radius 1 is 1.59 bits per heavy atom. The fourth-order valence-electron chi connectivity index (χ4n) is 1.69. The van der Waals surface area contributed by atoms with Gasteiger partial charge in [0.1, 0.15) is 0 Å². The molecular formula is C14H19NO2. The van der Waals surface area contributed by atoms with Crippen LogP contribution in [0.2, 0.25) is 0 Å². The molecule has 1 amide bonds. The second kappa shape index (κ2) is 6.21. The molecule has 3 nitrogen and oxygen atoms in total. The van der Waals surface area contributed by atoms with E-state index in [1.807, 2.05) is 19.1 Å². The maximum Gasteiger partial charge on any atom is 0.254 e. The first-order valence-electron chi connectivity index (χ1n) is 5.66. The van der Waals surface area contributed by atoms with Crippen LogP contribution in [0, 0.1) is 0 Å². The average molecular weight is 233 g/mol. The van der Waals surface area contributed by atoms with Gasteiger partial charge in [0.2, 0.25) is 0 Å². The van der Waals surface area contributed by atoms with Crippen molar-refractivity contribution in [1.29, 1.82) is 0 Å². The molecule has 0 saturated carbocycles. The van der Waals surface area contributed by atoms with Crippen molar-refractivity contribution in [2.24, 2.45) is 0 Å². The van der Waals surface area contributed by atoms with Crippen LogP contribution in [0.4, 0.5) is 0 Å². The van der Waals surface area contributed by atoms with Gasteiger partial charge in [-0.15, -0.1) is 0 Å². The predicted octanol–water partition coefficient (Wildman–Crippen LogP) is 2.09. The third-order valence-corrected chi connectivity index (χ3v) is 2.59. The van der Waals surface area contributed by atoms with Gasteiger partial charge in [0.15, 0.2) is 0 Å². The summed E-state index contributed by atoms with van der Waals surface area (Å²) in [5.41, 5.74) is 2.31. The van der Waals surface area contributed by atoms with Crippen LogP contribution in [0.25, 0.3) is 0 Å². The van der Waals surface area contributed by atoms with Gasteiger partial charge in [0, 0.05) is 20.2 Å². The SMILES string of the molecule is C=CC(=C)C1=C(C=CCOCC)CN(C)C1=O. The summed E-state index contributed by atoms with van der Waals surface area (Å²) < 4.78 is 5.22. The number of carbonyl (C=O) groups is 1. The van der Waals surface area contributed by atoms with Crippen molar-refractivity contribution < 1.29 is 9.53 Å². The van der Waals surface area contributed by atoms with Gasteiger partial charge in [-0.3, -0.25) is 4.79 Å². The van der Waals surface area contributed by atoms with Crippen LogP contribution in [0.15, 0.2) is 48.1 Å². The number of allylic oxidation sites excluding steroid dienone is 1. The number of carbonyl (C=O) groups excluding carboxylic acids is 1. The predicted molar refractivity (Wildman–Crippen MR) is 69.6 cm³/mol. The summed E-state index contributed by atoms with van der Waals surface area (Å²) in [4.78, 5) is 13.6. The Kier molecular flexibility index (Phi) is 4.91. The lowest BCUT2D eigenvalue weighted by Crippen LogP contribution is -2.22. The molecule has 0 radical (unpaired) electrons. The molecule has 1 rings (SSSR count). The molecule has 0 aromatic carbocycles. The maximum absolute atomic E-state index is 11.9. The minimum absolute atomic E-state index is 0.00552. The van der Waals surface area contributed by atoms with Gasteiger partial charge in [-0.2, -0.15) is 0 Å². The topological polar surface area (TPSA) is 29.5 Å². The third-order valence-electron chi connectivity index (χ3n) is 2.59. The Morgan fingerprint density at radius 3 is 2.88 bits per heavy atom. The molecule has 0 atom stereocenters. The first-order valence-corrected chi connectivity index (χ1v) is 5.66. The average Bonchev–Trinajstić information content (AvgIpc) is 2.60. The van der Waals surface area contributed by atoms with E-state index in [-0.39, 0.29) is 5.91 Å². The van der Waals surface area contributed by atoms with Crippen LogP contribution in [0.3, 0.4) is 0 Å². The van der Waals surface area contributed by atoms with Gasteiger partial charge >= 0.3 is 0 Å². The van der Waals surface area contributed by atoms with E-state index in [4.69, 9.17) is 4.74 Å². The van der Waals surface area contributed by atoms with Crippen molar-refractivity contribution >= 4 is 5.91 Å². The molecule has 0 unspecified atom stereocenters. The van der Waals surface area contributed by atoms with E-state index in [1.165, 1.54) is 0 Å². The third kappa shape index (κ3) is 3.17. The summed E-state index contributed by atoms with van der Waals surface area (Å²) in [6, 6.07) is 0. The summed E-state index contributed by atoms with van der Waals surface area (Å²) in [5, 5.41) is 0. The second-order valence-electron chi connectivity index (χ2n) is 3.85. The number of hydrogen-bond acceptors (Lipinski definition) is 2. The van der Waals surface area contributed by atoms with E-state index >= 15 is 0 Å². The minimum atomic E-state index is 0.00552. The highest BCUT2D eigenvalue weighted by Gasteiger charge is 2.26. The quantitative estimate of drug-likeness (QED) is 0.519. The number of likely N-dealkylation sites (N-methyl/N-ethyl adjacent to an activating group) is 1. The molecule has 0 aromatic rings. The van der Waals surface area contributed by atoms with Crippen molar-refractivity contribution in [1.82, 2.24) is 4.90 Å². The highest BCUT2D eigenvalue weighted by molar-refractivity contribution is 6.02. The van der Waals surface area contributed by atoms with Gasteiger partial charge in [0.05, 0.1) is 12.2 Å². The molecule has 0 fully saturated rings. The first kappa shape index (κ1) is 13.5. The first-order chi connectivity index (χ1) is 8.11. The van der Waals surface area contributed by atoms with E-state index in [9.17, 15) is 4.79 Å². The highest BCUT2D eigenvalue weighted by Crippen LogP contribution is 2.24. The summed E-state index contributed by atoms with van der Waals surface area (Å²) >= 11 is 0. The maximum atomic E-state index is 11.9. The second-order valence-corrected chi connectivity index (χ2v) is 3.85. The fraction of sp³-hybridized carbons (Fsp3) is 0.357. The molecule has 17 heavy (non-hydrogen) atoms. The molecule has 92 valence electrons. The lowest BCUT2D eigenvalue weighted by Gasteiger charge is -2.07. The number of nitrogens with zero attached hydrogens (tertiary/aromatic N) is 1. The van der Waals surface area contributed by atoms with Crippen LogP contribution in [-0.4, -0.2) is 37.6 Å². The number of ether oxygens (including phenoxy) is 1. The Balaban J connectivity index is 2.87. The standard InChI is InChI=1S/C14H19NO2/c1-5-11(3)13-12(8-7-9-17-6-2)10-15(4)14(13)16/h5,7-8H,1,3,6,9-10H2,2,4H3. The molecule has 0 saturated heterocycles. The Bertz CT molecular complexity index is 391. The molecule has 0 aromatic heterocycles. The minimum Gasteiger partial charge on any atom is -0.378 e. The smallest absolute Gasteiger partial charge is 0.254 e.